The minimum absolute atomic E-state index is 0.201. The Balaban J connectivity index is 1.92. The number of hydrogen-bond acceptors (Lipinski definition) is 6. The number of urea groups is 1. The Bertz CT molecular complexity index is 1150. The van der Waals surface area contributed by atoms with Crippen LogP contribution >= 0.6 is 31.9 Å². The SMILES string of the molecule is CCOC(=O)COc1c(Br)cc(/C=C2\C(=O)NC(=O)N(c3cc(C)cc(C)c3)C2=O)cc1Br. The van der Waals surface area contributed by atoms with Gasteiger partial charge in [0.15, 0.2) is 6.61 Å². The van der Waals surface area contributed by atoms with Gasteiger partial charge in [-0.05, 0) is 99.7 Å². The number of nitrogens with one attached hydrogen (secondary N) is 1. The second-order valence-electron chi connectivity index (χ2n) is 7.21. The van der Waals surface area contributed by atoms with Crippen LogP contribution in [0.1, 0.15) is 23.6 Å². The molecule has 2 aromatic rings. The molecule has 1 fully saturated rings. The maximum Gasteiger partial charge on any atom is 0.344 e. The quantitative estimate of drug-likeness (QED) is 0.308. The summed E-state index contributed by atoms with van der Waals surface area (Å²) in [4.78, 5) is 50.5. The number of halogens is 2. The third-order valence-corrected chi connectivity index (χ3v) is 5.72. The molecule has 1 N–H and O–H groups in total. The Hall–Kier alpha value is -2.98. The molecule has 33 heavy (non-hydrogen) atoms. The van der Waals surface area contributed by atoms with Gasteiger partial charge >= 0.3 is 12.0 Å². The molecule has 0 atom stereocenters. The van der Waals surface area contributed by atoms with Crippen molar-refractivity contribution < 1.29 is 28.7 Å². The van der Waals surface area contributed by atoms with E-state index in [0.717, 1.165) is 16.0 Å². The van der Waals surface area contributed by atoms with Crippen LogP contribution in [0, 0.1) is 13.8 Å². The number of benzene rings is 2. The number of ether oxygens (including phenoxy) is 2. The second-order valence-corrected chi connectivity index (χ2v) is 8.92. The smallest absolute Gasteiger partial charge is 0.344 e. The number of carbonyl (C=O) groups excluding carboxylic acids is 4. The summed E-state index contributed by atoms with van der Waals surface area (Å²) in [6, 6.07) is 7.74. The van der Waals surface area contributed by atoms with Gasteiger partial charge in [-0.25, -0.2) is 14.5 Å². The topological polar surface area (TPSA) is 102 Å². The zero-order valence-corrected chi connectivity index (χ0v) is 21.2. The standard InChI is InChI=1S/C23H20Br2N2O6/c1-4-32-19(28)11-33-20-17(24)9-14(10-18(20)25)8-16-21(29)26-23(31)27(22(16)30)15-6-12(2)5-13(3)7-15/h5-10H,4,11H2,1-3H3,(H,26,29,31)/b16-8+. The lowest BCUT2D eigenvalue weighted by Gasteiger charge is -2.27. The van der Waals surface area contributed by atoms with Crippen LogP contribution in [-0.4, -0.2) is 37.0 Å². The summed E-state index contributed by atoms with van der Waals surface area (Å²) < 4.78 is 11.3. The molecule has 0 radical (unpaired) electrons. The zero-order chi connectivity index (χ0) is 24.3. The van der Waals surface area contributed by atoms with Gasteiger partial charge < -0.3 is 9.47 Å². The van der Waals surface area contributed by atoms with Crippen LogP contribution in [0.2, 0.25) is 0 Å². The number of anilines is 1. The molecule has 0 unspecified atom stereocenters. The number of rotatable bonds is 6. The van der Waals surface area contributed by atoms with Gasteiger partial charge in [0.1, 0.15) is 11.3 Å². The van der Waals surface area contributed by atoms with E-state index < -0.39 is 23.8 Å². The number of barbiturate groups is 1. The number of nitrogens with zero attached hydrogens (tertiary/aromatic N) is 1. The van der Waals surface area contributed by atoms with E-state index in [4.69, 9.17) is 9.47 Å². The van der Waals surface area contributed by atoms with Crippen molar-refractivity contribution in [3.05, 3.63) is 61.5 Å². The third-order valence-electron chi connectivity index (χ3n) is 4.54. The van der Waals surface area contributed by atoms with Crippen LogP contribution in [0.5, 0.6) is 5.75 Å². The van der Waals surface area contributed by atoms with Crippen LogP contribution in [0.4, 0.5) is 10.5 Å². The number of amides is 4. The van der Waals surface area contributed by atoms with E-state index >= 15 is 0 Å². The molecule has 4 amide bonds. The second kappa shape index (κ2) is 10.3. The average Bonchev–Trinajstić information content (AvgIpc) is 2.70. The van der Waals surface area contributed by atoms with Crippen LogP contribution in [0.25, 0.3) is 6.08 Å². The minimum atomic E-state index is -0.808. The average molecular weight is 580 g/mol. The zero-order valence-electron chi connectivity index (χ0n) is 18.0. The Morgan fingerprint density at radius 2 is 1.64 bits per heavy atom. The Morgan fingerprint density at radius 1 is 1.03 bits per heavy atom. The molecule has 1 saturated heterocycles. The van der Waals surface area contributed by atoms with E-state index in [1.54, 1.807) is 31.2 Å². The predicted molar refractivity (Wildman–Crippen MR) is 129 cm³/mol. The van der Waals surface area contributed by atoms with Gasteiger partial charge in [0.25, 0.3) is 11.8 Å². The van der Waals surface area contributed by atoms with Gasteiger partial charge in [-0.15, -0.1) is 0 Å². The third kappa shape index (κ3) is 5.69. The van der Waals surface area contributed by atoms with Crippen LogP contribution in [0.3, 0.4) is 0 Å². The predicted octanol–water partition coefficient (Wildman–Crippen LogP) is 4.44. The summed E-state index contributed by atoms with van der Waals surface area (Å²) in [6.45, 7) is 5.37. The van der Waals surface area contributed by atoms with Gasteiger partial charge in [-0.1, -0.05) is 6.07 Å². The summed E-state index contributed by atoms with van der Waals surface area (Å²) in [7, 11) is 0. The number of imide groups is 2. The molecule has 1 heterocycles. The van der Waals surface area contributed by atoms with E-state index in [9.17, 15) is 19.2 Å². The molecule has 3 rings (SSSR count). The molecule has 2 aromatic carbocycles. The van der Waals surface area contributed by atoms with Crippen molar-refractivity contribution in [1.82, 2.24) is 5.32 Å². The molecular weight excluding hydrogens is 560 g/mol. The first-order valence-electron chi connectivity index (χ1n) is 9.88. The maximum absolute atomic E-state index is 13.1. The maximum atomic E-state index is 13.1. The molecule has 0 aromatic heterocycles. The largest absolute Gasteiger partial charge is 0.480 e. The van der Waals surface area contributed by atoms with E-state index in [-0.39, 0.29) is 18.8 Å². The number of aryl methyl sites for hydroxylation is 2. The van der Waals surface area contributed by atoms with E-state index in [0.29, 0.717) is 25.9 Å². The number of esters is 1. The van der Waals surface area contributed by atoms with Gasteiger partial charge in [-0.2, -0.15) is 0 Å². The van der Waals surface area contributed by atoms with Gasteiger partial charge in [-0.3, -0.25) is 14.9 Å². The molecule has 0 bridgehead atoms. The molecule has 1 aliphatic rings. The van der Waals surface area contributed by atoms with Crippen LogP contribution in [-0.2, 0) is 19.1 Å². The highest BCUT2D eigenvalue weighted by Crippen LogP contribution is 2.36. The summed E-state index contributed by atoms with van der Waals surface area (Å²) in [6.07, 6.45) is 1.38. The molecule has 8 nitrogen and oxygen atoms in total. The lowest BCUT2D eigenvalue weighted by atomic mass is 10.1. The first-order chi connectivity index (χ1) is 15.6. The van der Waals surface area contributed by atoms with Crippen molar-refractivity contribution in [1.29, 1.82) is 0 Å². The normalized spacial score (nSPS) is 15.0. The van der Waals surface area contributed by atoms with Crippen molar-refractivity contribution in [2.45, 2.75) is 20.8 Å². The van der Waals surface area contributed by atoms with Crippen molar-refractivity contribution in [2.24, 2.45) is 0 Å². The fourth-order valence-electron chi connectivity index (χ4n) is 3.27. The Kier molecular flexibility index (Phi) is 7.70. The van der Waals surface area contributed by atoms with E-state index in [2.05, 4.69) is 37.2 Å². The monoisotopic (exact) mass is 578 g/mol. The molecule has 172 valence electrons. The van der Waals surface area contributed by atoms with Crippen molar-refractivity contribution in [3.8, 4) is 5.75 Å². The first-order valence-corrected chi connectivity index (χ1v) is 11.5. The summed E-state index contributed by atoms with van der Waals surface area (Å²) in [5, 5.41) is 2.21. The lowest BCUT2D eigenvalue weighted by Crippen LogP contribution is -2.54. The summed E-state index contributed by atoms with van der Waals surface area (Å²) in [5.41, 5.74) is 2.41. The number of hydrogen-bond donors (Lipinski definition) is 1. The highest BCUT2D eigenvalue weighted by Gasteiger charge is 2.37. The molecular formula is C23H20Br2N2O6. The molecule has 0 aliphatic carbocycles. The molecule has 10 heteroatoms. The summed E-state index contributed by atoms with van der Waals surface area (Å²) >= 11 is 6.74. The number of carbonyl (C=O) groups is 4. The van der Waals surface area contributed by atoms with Crippen molar-refractivity contribution in [3.63, 3.8) is 0 Å². The first kappa shape index (κ1) is 24.7. The van der Waals surface area contributed by atoms with Gasteiger partial charge in [0.2, 0.25) is 0 Å². The van der Waals surface area contributed by atoms with Crippen LogP contribution < -0.4 is 15.0 Å². The fourth-order valence-corrected chi connectivity index (χ4v) is 4.72. The van der Waals surface area contributed by atoms with Gasteiger partial charge in [0.05, 0.1) is 21.2 Å². The molecule has 0 spiro atoms. The van der Waals surface area contributed by atoms with E-state index in [1.165, 1.54) is 6.08 Å². The van der Waals surface area contributed by atoms with E-state index in [1.807, 2.05) is 19.9 Å². The van der Waals surface area contributed by atoms with Gasteiger partial charge in [0, 0.05) is 0 Å². The minimum Gasteiger partial charge on any atom is -0.480 e. The lowest BCUT2D eigenvalue weighted by molar-refractivity contribution is -0.145. The summed E-state index contributed by atoms with van der Waals surface area (Å²) in [5.74, 6) is -1.68. The van der Waals surface area contributed by atoms with Crippen molar-refractivity contribution >= 4 is 67.4 Å². The Morgan fingerprint density at radius 3 is 2.21 bits per heavy atom. The molecule has 1 aliphatic heterocycles. The highest BCUT2D eigenvalue weighted by molar-refractivity contribution is 9.11. The van der Waals surface area contributed by atoms with Crippen molar-refractivity contribution in [2.75, 3.05) is 18.1 Å². The molecule has 0 saturated carbocycles. The fraction of sp³-hybridized carbons (Fsp3) is 0.217. The highest BCUT2D eigenvalue weighted by atomic mass is 79.9. The Labute approximate surface area is 207 Å². The van der Waals surface area contributed by atoms with Crippen LogP contribution in [0.15, 0.2) is 44.9 Å².